The topological polar surface area (TPSA) is 83.6 Å². The summed E-state index contributed by atoms with van der Waals surface area (Å²) in [6.07, 6.45) is 3.05. The van der Waals surface area contributed by atoms with Gasteiger partial charge in [-0.05, 0) is 19.9 Å². The van der Waals surface area contributed by atoms with E-state index in [4.69, 9.17) is 0 Å². The predicted molar refractivity (Wildman–Crippen MR) is 73.9 cm³/mol. The van der Waals surface area contributed by atoms with E-state index >= 15 is 0 Å². The number of hydrogen-bond acceptors (Lipinski definition) is 5. The molecule has 0 aromatic heterocycles. The van der Waals surface area contributed by atoms with Crippen LogP contribution in [0.1, 0.15) is 20.3 Å². The van der Waals surface area contributed by atoms with Gasteiger partial charge in [0.2, 0.25) is 10.0 Å². The van der Waals surface area contributed by atoms with Gasteiger partial charge in [-0.1, -0.05) is 6.92 Å². The molecule has 1 atom stereocenters. The summed E-state index contributed by atoms with van der Waals surface area (Å²) in [5.74, 6) is 0.0938. The third kappa shape index (κ3) is 8.84. The third-order valence-corrected chi connectivity index (χ3v) is 4.94. The van der Waals surface area contributed by atoms with E-state index in [1.54, 1.807) is 13.8 Å². The maximum absolute atomic E-state index is 11.3. The predicted octanol–water partition coefficient (Wildman–Crippen LogP) is -0.319. The molecule has 110 valence electrons. The van der Waals surface area contributed by atoms with E-state index in [1.807, 2.05) is 0 Å². The van der Waals surface area contributed by atoms with Crippen LogP contribution in [0.3, 0.4) is 0 Å². The van der Waals surface area contributed by atoms with Crippen molar-refractivity contribution in [2.24, 2.45) is 0 Å². The van der Waals surface area contributed by atoms with E-state index in [-0.39, 0.29) is 11.8 Å². The fraction of sp³-hybridized carbons (Fsp3) is 1.00. The van der Waals surface area contributed by atoms with Crippen LogP contribution >= 0.6 is 0 Å². The summed E-state index contributed by atoms with van der Waals surface area (Å²) in [5, 5.41) is 3.07. The summed E-state index contributed by atoms with van der Waals surface area (Å²) < 4.78 is 46.1. The van der Waals surface area contributed by atoms with Crippen LogP contribution in [0.15, 0.2) is 0 Å². The second kappa shape index (κ2) is 7.42. The number of sulfonamides is 1. The molecule has 1 N–H and O–H groups in total. The first-order chi connectivity index (χ1) is 8.06. The van der Waals surface area contributed by atoms with Crippen molar-refractivity contribution in [3.63, 3.8) is 0 Å². The van der Waals surface area contributed by atoms with Crippen molar-refractivity contribution in [2.75, 3.05) is 37.9 Å². The minimum absolute atomic E-state index is 0.0938. The van der Waals surface area contributed by atoms with Gasteiger partial charge in [0, 0.05) is 25.4 Å². The summed E-state index contributed by atoms with van der Waals surface area (Å²) in [4.78, 5) is 0. The van der Waals surface area contributed by atoms with Gasteiger partial charge in [0.05, 0.1) is 12.0 Å². The quantitative estimate of drug-likeness (QED) is 0.590. The molecule has 0 aromatic rings. The van der Waals surface area contributed by atoms with Crippen LogP contribution < -0.4 is 5.32 Å². The number of hydrogen-bond donors (Lipinski definition) is 1. The summed E-state index contributed by atoms with van der Waals surface area (Å²) >= 11 is 0. The third-order valence-electron chi connectivity index (χ3n) is 2.45. The Hall–Kier alpha value is -0.180. The van der Waals surface area contributed by atoms with Crippen LogP contribution in [-0.4, -0.2) is 65.1 Å². The Balaban J connectivity index is 3.93. The lowest BCUT2D eigenvalue weighted by Crippen LogP contribution is -2.36. The van der Waals surface area contributed by atoms with Crippen LogP contribution in [0.2, 0.25) is 0 Å². The van der Waals surface area contributed by atoms with Gasteiger partial charge in [0.25, 0.3) is 0 Å². The van der Waals surface area contributed by atoms with E-state index < -0.39 is 19.9 Å². The largest absolute Gasteiger partial charge is 0.313 e. The van der Waals surface area contributed by atoms with Crippen LogP contribution in [0.4, 0.5) is 0 Å². The molecule has 0 fully saturated rings. The second-order valence-electron chi connectivity index (χ2n) is 4.56. The fourth-order valence-electron chi connectivity index (χ4n) is 1.68. The number of nitrogens with zero attached hydrogens (tertiary/aromatic N) is 1. The van der Waals surface area contributed by atoms with Crippen LogP contribution in [0.25, 0.3) is 0 Å². The molecule has 0 amide bonds. The molecule has 0 aliphatic carbocycles. The smallest absolute Gasteiger partial charge is 0.211 e. The second-order valence-corrected chi connectivity index (χ2v) is 8.72. The maximum Gasteiger partial charge on any atom is 0.211 e. The molecule has 18 heavy (non-hydrogen) atoms. The Morgan fingerprint density at radius 2 is 1.72 bits per heavy atom. The van der Waals surface area contributed by atoms with Gasteiger partial charge >= 0.3 is 0 Å². The van der Waals surface area contributed by atoms with Crippen LogP contribution in [0, 0.1) is 0 Å². The molecule has 0 aliphatic rings. The molecule has 0 saturated carbocycles. The van der Waals surface area contributed by atoms with Gasteiger partial charge in [0.15, 0.2) is 0 Å². The number of nitrogens with one attached hydrogen (secondary N) is 1. The normalized spacial score (nSPS) is 14.9. The first-order valence-electron chi connectivity index (χ1n) is 5.92. The summed E-state index contributed by atoms with van der Waals surface area (Å²) in [6, 6.07) is -0.117. The van der Waals surface area contributed by atoms with Crippen molar-refractivity contribution in [2.45, 2.75) is 26.3 Å². The lowest BCUT2D eigenvalue weighted by molar-refractivity contribution is 0.415. The molecular formula is C10H24N2O4S2. The molecule has 0 saturated heterocycles. The number of sulfone groups is 1. The van der Waals surface area contributed by atoms with Crippen molar-refractivity contribution >= 4 is 19.9 Å². The van der Waals surface area contributed by atoms with E-state index in [1.165, 1.54) is 16.8 Å². The van der Waals surface area contributed by atoms with Gasteiger partial charge in [-0.2, -0.15) is 0 Å². The van der Waals surface area contributed by atoms with Crippen LogP contribution in [-0.2, 0) is 19.9 Å². The van der Waals surface area contributed by atoms with Gasteiger partial charge in [-0.25, -0.2) is 21.1 Å². The van der Waals surface area contributed by atoms with Crippen LogP contribution in [0.5, 0.6) is 0 Å². The lowest BCUT2D eigenvalue weighted by Gasteiger charge is -2.18. The van der Waals surface area contributed by atoms with Gasteiger partial charge in [0.1, 0.15) is 9.84 Å². The molecule has 0 radical (unpaired) electrons. The maximum atomic E-state index is 11.3. The highest BCUT2D eigenvalue weighted by Gasteiger charge is 2.14. The van der Waals surface area contributed by atoms with Crippen molar-refractivity contribution in [1.29, 1.82) is 0 Å². The summed E-state index contributed by atoms with van der Waals surface area (Å²) in [6.45, 7) is 5.10. The van der Waals surface area contributed by atoms with E-state index in [9.17, 15) is 16.8 Å². The first kappa shape index (κ1) is 17.8. The highest BCUT2D eigenvalue weighted by Crippen LogP contribution is 1.98. The molecule has 0 rings (SSSR count). The van der Waals surface area contributed by atoms with E-state index in [2.05, 4.69) is 5.32 Å². The van der Waals surface area contributed by atoms with Crippen molar-refractivity contribution < 1.29 is 16.8 Å². The number of rotatable bonds is 9. The highest BCUT2D eigenvalue weighted by molar-refractivity contribution is 7.90. The SMILES string of the molecule is CCN(CCCNC(C)CS(C)(=O)=O)S(C)(=O)=O. The Morgan fingerprint density at radius 1 is 1.17 bits per heavy atom. The average molecular weight is 300 g/mol. The monoisotopic (exact) mass is 300 g/mol. The zero-order valence-electron chi connectivity index (χ0n) is 11.5. The molecule has 0 spiro atoms. The molecule has 8 heteroatoms. The zero-order chi connectivity index (χ0) is 14.4. The molecule has 1 unspecified atom stereocenters. The van der Waals surface area contributed by atoms with E-state index in [0.29, 0.717) is 26.1 Å². The Kier molecular flexibility index (Phi) is 7.34. The summed E-state index contributed by atoms with van der Waals surface area (Å²) in [5.41, 5.74) is 0. The fourth-order valence-corrected chi connectivity index (χ4v) is 3.63. The Morgan fingerprint density at radius 3 is 2.11 bits per heavy atom. The minimum atomic E-state index is -3.13. The van der Waals surface area contributed by atoms with Gasteiger partial charge in [-0.15, -0.1) is 0 Å². The Labute approximate surface area is 111 Å². The molecule has 0 aliphatic heterocycles. The van der Waals surface area contributed by atoms with E-state index in [0.717, 1.165) is 0 Å². The Bertz CT molecular complexity index is 431. The standard InChI is InChI=1S/C10H24N2O4S2/c1-5-12(18(4,15)16)8-6-7-11-10(2)9-17(3,13)14/h10-11H,5-9H2,1-4H3. The van der Waals surface area contributed by atoms with Crippen molar-refractivity contribution in [3.05, 3.63) is 0 Å². The first-order valence-corrected chi connectivity index (χ1v) is 9.83. The molecule has 6 nitrogen and oxygen atoms in total. The van der Waals surface area contributed by atoms with Gasteiger partial charge in [-0.3, -0.25) is 0 Å². The van der Waals surface area contributed by atoms with Crippen molar-refractivity contribution in [3.8, 4) is 0 Å². The van der Waals surface area contributed by atoms with Crippen molar-refractivity contribution in [1.82, 2.24) is 9.62 Å². The summed E-state index contributed by atoms with van der Waals surface area (Å²) in [7, 11) is -6.11. The molecule has 0 aromatic carbocycles. The molecule has 0 heterocycles. The highest BCUT2D eigenvalue weighted by atomic mass is 32.2. The van der Waals surface area contributed by atoms with Gasteiger partial charge < -0.3 is 5.32 Å². The molecule has 0 bridgehead atoms. The minimum Gasteiger partial charge on any atom is -0.313 e. The molecular weight excluding hydrogens is 276 g/mol. The lowest BCUT2D eigenvalue weighted by atomic mass is 10.3. The zero-order valence-corrected chi connectivity index (χ0v) is 13.1. The average Bonchev–Trinajstić information content (AvgIpc) is 2.12.